The Balaban J connectivity index is 1.69. The second-order valence-electron chi connectivity index (χ2n) is 5.36. The Kier molecular flexibility index (Phi) is 3.28. The Morgan fingerprint density at radius 3 is 2.87 bits per heavy atom. The topological polar surface area (TPSA) is 58.5 Å². The number of benzene rings is 1. The molecule has 0 unspecified atom stereocenters. The van der Waals surface area contributed by atoms with Crippen LogP contribution in [0.15, 0.2) is 55.1 Å². The molecule has 4 rings (SSSR count). The summed E-state index contributed by atoms with van der Waals surface area (Å²) in [6.45, 7) is 0. The molecule has 0 spiro atoms. The van der Waals surface area contributed by atoms with Crippen molar-refractivity contribution in [1.29, 1.82) is 0 Å². The zero-order valence-corrected chi connectivity index (χ0v) is 13.2. The Morgan fingerprint density at radius 1 is 1.17 bits per heavy atom. The van der Waals surface area contributed by atoms with Crippen molar-refractivity contribution in [3.8, 4) is 11.4 Å². The number of rotatable bonds is 3. The summed E-state index contributed by atoms with van der Waals surface area (Å²) in [5, 5.41) is 5.00. The first kappa shape index (κ1) is 13.8. The van der Waals surface area contributed by atoms with Crippen LogP contribution >= 0.6 is 11.6 Å². The van der Waals surface area contributed by atoms with E-state index in [1.165, 1.54) is 0 Å². The molecule has 23 heavy (non-hydrogen) atoms. The van der Waals surface area contributed by atoms with Gasteiger partial charge in [-0.3, -0.25) is 0 Å². The van der Waals surface area contributed by atoms with Gasteiger partial charge in [-0.2, -0.15) is 0 Å². The van der Waals surface area contributed by atoms with E-state index in [4.69, 9.17) is 11.6 Å². The van der Waals surface area contributed by atoms with Gasteiger partial charge in [0.05, 0.1) is 29.4 Å². The van der Waals surface area contributed by atoms with Crippen LogP contribution in [0.4, 0.5) is 11.5 Å². The molecule has 0 amide bonds. The summed E-state index contributed by atoms with van der Waals surface area (Å²) in [7, 11) is 1.97. The third kappa shape index (κ3) is 2.66. The van der Waals surface area contributed by atoms with Crippen LogP contribution in [0.5, 0.6) is 0 Å². The highest BCUT2D eigenvalue weighted by Gasteiger charge is 2.08. The molecule has 114 valence electrons. The highest BCUT2D eigenvalue weighted by Crippen LogP contribution is 2.26. The van der Waals surface area contributed by atoms with Crippen LogP contribution in [0, 0.1) is 0 Å². The molecule has 0 bridgehead atoms. The van der Waals surface area contributed by atoms with Gasteiger partial charge in [-0.05, 0) is 24.3 Å². The number of pyridine rings is 1. The van der Waals surface area contributed by atoms with Crippen molar-refractivity contribution in [2.75, 3.05) is 5.32 Å². The minimum absolute atomic E-state index is 0.689. The van der Waals surface area contributed by atoms with Crippen LogP contribution in [0.25, 0.3) is 22.3 Å². The maximum absolute atomic E-state index is 6.01. The fourth-order valence-corrected chi connectivity index (χ4v) is 2.75. The van der Waals surface area contributed by atoms with Crippen LogP contribution in [0.2, 0.25) is 5.02 Å². The van der Waals surface area contributed by atoms with Crippen LogP contribution in [-0.2, 0) is 7.05 Å². The minimum atomic E-state index is 0.689. The largest absolute Gasteiger partial charge is 0.353 e. The van der Waals surface area contributed by atoms with Gasteiger partial charge < -0.3 is 14.9 Å². The van der Waals surface area contributed by atoms with E-state index in [1.54, 1.807) is 6.33 Å². The fraction of sp³-hybridized carbons (Fsp3) is 0.0588. The highest BCUT2D eigenvalue weighted by atomic mass is 35.5. The molecule has 0 saturated heterocycles. The number of nitrogens with zero attached hydrogens (tertiary/aromatic N) is 3. The van der Waals surface area contributed by atoms with Crippen molar-refractivity contribution in [2.24, 2.45) is 7.05 Å². The average Bonchev–Trinajstić information content (AvgIpc) is 3.12. The number of imidazole rings is 1. The minimum Gasteiger partial charge on any atom is -0.353 e. The van der Waals surface area contributed by atoms with E-state index in [1.807, 2.05) is 54.3 Å². The summed E-state index contributed by atoms with van der Waals surface area (Å²) in [6.07, 6.45) is 5.47. The SMILES string of the molecule is Cn1cncc1-c1cc2cnc(Nc3cccc(Cl)c3)cc2[nH]1. The molecule has 0 aliphatic rings. The first-order valence-electron chi connectivity index (χ1n) is 7.17. The van der Waals surface area contributed by atoms with Gasteiger partial charge in [0.1, 0.15) is 5.82 Å². The number of nitrogens with one attached hydrogen (secondary N) is 2. The number of hydrogen-bond acceptors (Lipinski definition) is 3. The van der Waals surface area contributed by atoms with Crippen molar-refractivity contribution in [3.05, 3.63) is 60.1 Å². The van der Waals surface area contributed by atoms with Gasteiger partial charge in [-0.15, -0.1) is 0 Å². The lowest BCUT2D eigenvalue weighted by molar-refractivity contribution is 0.918. The molecule has 3 aromatic heterocycles. The van der Waals surface area contributed by atoms with E-state index in [0.29, 0.717) is 5.02 Å². The van der Waals surface area contributed by atoms with E-state index in [0.717, 1.165) is 33.8 Å². The van der Waals surface area contributed by atoms with Crippen LogP contribution in [-0.4, -0.2) is 19.5 Å². The number of hydrogen-bond donors (Lipinski definition) is 2. The van der Waals surface area contributed by atoms with Gasteiger partial charge in [0, 0.05) is 35.4 Å². The van der Waals surface area contributed by atoms with E-state index >= 15 is 0 Å². The van der Waals surface area contributed by atoms with E-state index in [2.05, 4.69) is 26.3 Å². The molecule has 5 nitrogen and oxygen atoms in total. The van der Waals surface area contributed by atoms with Crippen molar-refractivity contribution < 1.29 is 0 Å². The average molecular weight is 324 g/mol. The third-order valence-corrected chi connectivity index (χ3v) is 3.93. The summed E-state index contributed by atoms with van der Waals surface area (Å²) >= 11 is 6.01. The standard InChI is InChI=1S/C17H14ClN5/c1-23-10-19-9-16(23)15-5-11-8-20-17(7-14(11)22-15)21-13-4-2-3-12(18)6-13/h2-10,22H,1H3,(H,20,21). The number of halogens is 1. The van der Waals surface area contributed by atoms with Crippen LogP contribution in [0.1, 0.15) is 0 Å². The normalized spacial score (nSPS) is 11.0. The predicted molar refractivity (Wildman–Crippen MR) is 93.0 cm³/mol. The van der Waals surface area contributed by atoms with Gasteiger partial charge in [-0.25, -0.2) is 9.97 Å². The van der Waals surface area contributed by atoms with E-state index < -0.39 is 0 Å². The lowest BCUT2D eigenvalue weighted by atomic mass is 10.3. The second-order valence-corrected chi connectivity index (χ2v) is 5.80. The maximum Gasteiger partial charge on any atom is 0.132 e. The first-order chi connectivity index (χ1) is 11.2. The monoisotopic (exact) mass is 323 g/mol. The Hall–Kier alpha value is -2.79. The summed E-state index contributed by atoms with van der Waals surface area (Å²) < 4.78 is 1.98. The van der Waals surface area contributed by atoms with Crippen molar-refractivity contribution in [1.82, 2.24) is 19.5 Å². The molecule has 0 fully saturated rings. The molecular weight excluding hydrogens is 310 g/mol. The Morgan fingerprint density at radius 2 is 2.09 bits per heavy atom. The number of fused-ring (bicyclic) bond motifs is 1. The molecule has 1 aromatic carbocycles. The summed E-state index contributed by atoms with van der Waals surface area (Å²) in [5.41, 5.74) is 3.97. The molecule has 0 atom stereocenters. The Bertz CT molecular complexity index is 985. The number of aryl methyl sites for hydroxylation is 1. The van der Waals surface area contributed by atoms with Crippen LogP contribution in [0.3, 0.4) is 0 Å². The van der Waals surface area contributed by atoms with Gasteiger partial charge >= 0.3 is 0 Å². The molecule has 3 heterocycles. The van der Waals surface area contributed by atoms with Gasteiger partial charge in [0.15, 0.2) is 0 Å². The number of anilines is 2. The zero-order valence-electron chi connectivity index (χ0n) is 12.4. The smallest absolute Gasteiger partial charge is 0.132 e. The zero-order chi connectivity index (χ0) is 15.8. The van der Waals surface area contributed by atoms with E-state index in [9.17, 15) is 0 Å². The van der Waals surface area contributed by atoms with Crippen molar-refractivity contribution in [3.63, 3.8) is 0 Å². The van der Waals surface area contributed by atoms with Gasteiger partial charge in [-0.1, -0.05) is 17.7 Å². The maximum atomic E-state index is 6.01. The fourth-order valence-electron chi connectivity index (χ4n) is 2.56. The Labute approximate surface area is 138 Å². The molecular formula is C17H14ClN5. The van der Waals surface area contributed by atoms with Gasteiger partial charge in [0.2, 0.25) is 0 Å². The number of aromatic amines is 1. The van der Waals surface area contributed by atoms with Crippen LogP contribution < -0.4 is 5.32 Å². The molecule has 0 aliphatic carbocycles. The number of aromatic nitrogens is 4. The summed E-state index contributed by atoms with van der Waals surface area (Å²) in [6, 6.07) is 11.6. The predicted octanol–water partition coefficient (Wildman–Crippen LogP) is 4.36. The molecule has 4 aromatic rings. The quantitative estimate of drug-likeness (QED) is 0.589. The summed E-state index contributed by atoms with van der Waals surface area (Å²) in [4.78, 5) is 12.0. The lowest BCUT2D eigenvalue weighted by Crippen LogP contribution is -1.92. The molecule has 0 radical (unpaired) electrons. The molecule has 2 N–H and O–H groups in total. The van der Waals surface area contributed by atoms with E-state index in [-0.39, 0.29) is 0 Å². The van der Waals surface area contributed by atoms with Crippen molar-refractivity contribution >= 4 is 34.0 Å². The molecule has 6 heteroatoms. The summed E-state index contributed by atoms with van der Waals surface area (Å²) in [5.74, 6) is 0.762. The van der Waals surface area contributed by atoms with Gasteiger partial charge in [0.25, 0.3) is 0 Å². The second kappa shape index (κ2) is 5.44. The highest BCUT2D eigenvalue weighted by molar-refractivity contribution is 6.30. The van der Waals surface area contributed by atoms with Crippen molar-refractivity contribution in [2.45, 2.75) is 0 Å². The molecule has 0 saturated carbocycles. The first-order valence-corrected chi connectivity index (χ1v) is 7.55. The lowest BCUT2D eigenvalue weighted by Gasteiger charge is -2.05. The third-order valence-electron chi connectivity index (χ3n) is 3.69. The molecule has 0 aliphatic heterocycles. The number of H-pyrrole nitrogens is 1.